The molecule has 6 rings (SSSR count). The minimum Gasteiger partial charge on any atom is -0.462 e. The first kappa shape index (κ1) is 30.6. The Labute approximate surface area is 277 Å². The summed E-state index contributed by atoms with van der Waals surface area (Å²) in [6, 6.07) is 28.0. The van der Waals surface area contributed by atoms with Gasteiger partial charge in [0.2, 0.25) is 0 Å². The molecule has 5 aromatic rings. The number of amides is 1. The van der Waals surface area contributed by atoms with Gasteiger partial charge in [-0.1, -0.05) is 77.8 Å². The van der Waals surface area contributed by atoms with Crippen LogP contribution in [0.3, 0.4) is 0 Å². The number of aromatic nitrogens is 1. The number of rotatable bonds is 9. The molecule has 0 atom stereocenters. The Kier molecular flexibility index (Phi) is 9.00. The monoisotopic (exact) mass is 725 g/mol. The van der Waals surface area contributed by atoms with Gasteiger partial charge in [0, 0.05) is 32.0 Å². The molecule has 1 aliphatic rings. The number of hydrogen-bond donors (Lipinski definition) is 0. The van der Waals surface area contributed by atoms with Crippen molar-refractivity contribution in [3.63, 3.8) is 0 Å². The lowest BCUT2D eigenvalue weighted by Crippen LogP contribution is -2.29. The van der Waals surface area contributed by atoms with Gasteiger partial charge in [0.1, 0.15) is 0 Å². The maximum Gasteiger partial charge on any atom is 0.340 e. The first-order chi connectivity index (χ1) is 21.9. The summed E-state index contributed by atoms with van der Waals surface area (Å²) in [5.74, 6) is -0.758. The first-order valence-corrected chi connectivity index (χ1v) is 16.1. The molecule has 0 spiro atoms. The molecule has 45 heavy (non-hydrogen) atoms. The highest BCUT2D eigenvalue weighted by molar-refractivity contribution is 9.11. The maximum absolute atomic E-state index is 13.6. The first-order valence-electron chi connectivity index (χ1n) is 14.6. The third-order valence-corrected chi connectivity index (χ3v) is 8.46. The van der Waals surface area contributed by atoms with Crippen LogP contribution in [0.4, 0.5) is 5.69 Å². The summed E-state index contributed by atoms with van der Waals surface area (Å²) < 4.78 is 15.0. The van der Waals surface area contributed by atoms with Crippen LogP contribution < -0.4 is 0 Å². The van der Waals surface area contributed by atoms with Crippen LogP contribution in [-0.4, -0.2) is 40.5 Å². The van der Waals surface area contributed by atoms with Crippen LogP contribution in [0.25, 0.3) is 33.6 Å². The minimum atomic E-state index is -0.511. The molecule has 1 saturated heterocycles. The number of fused-ring (bicyclic) bond motifs is 3. The topological polar surface area (TPSA) is 73.1 Å². The SMILES string of the molecule is C=CCN1C(=O)/C(=C\c2ccc3c(c2)c2ccccc2n3-c2ccccc2)OC1=Nc1c(Br)cc(Br)cc1C(=O)OCCCC. The highest BCUT2D eigenvalue weighted by Crippen LogP contribution is 2.36. The fourth-order valence-corrected chi connectivity index (χ4v) is 6.60. The van der Waals surface area contributed by atoms with E-state index in [1.807, 2.05) is 43.3 Å². The number of benzene rings is 4. The fourth-order valence-electron chi connectivity index (χ4n) is 5.29. The zero-order valence-electron chi connectivity index (χ0n) is 24.5. The quantitative estimate of drug-likeness (QED) is 0.0657. The molecular weight excluding hydrogens is 698 g/mol. The third-order valence-electron chi connectivity index (χ3n) is 7.40. The number of unbranched alkanes of at least 4 members (excludes halogenated alkanes) is 1. The van der Waals surface area contributed by atoms with Crippen LogP contribution in [0.15, 0.2) is 117 Å². The summed E-state index contributed by atoms with van der Waals surface area (Å²) in [5, 5.41) is 2.15. The van der Waals surface area contributed by atoms with Gasteiger partial charge < -0.3 is 14.0 Å². The van der Waals surface area contributed by atoms with Crippen molar-refractivity contribution >= 4 is 83.3 Å². The van der Waals surface area contributed by atoms with E-state index in [0.717, 1.165) is 45.9 Å². The van der Waals surface area contributed by atoms with Gasteiger partial charge in [-0.15, -0.1) is 6.58 Å². The van der Waals surface area contributed by atoms with Crippen molar-refractivity contribution in [3.8, 4) is 5.69 Å². The molecule has 1 aliphatic heterocycles. The van der Waals surface area contributed by atoms with Crippen LogP contribution in [0.1, 0.15) is 35.7 Å². The van der Waals surface area contributed by atoms with Crippen molar-refractivity contribution < 1.29 is 19.1 Å². The van der Waals surface area contributed by atoms with Crippen molar-refractivity contribution in [2.75, 3.05) is 13.2 Å². The number of hydrogen-bond acceptors (Lipinski definition) is 5. The summed E-state index contributed by atoms with van der Waals surface area (Å²) in [6.07, 6.45) is 4.96. The number of aliphatic imine (C=N–C) groups is 1. The van der Waals surface area contributed by atoms with Gasteiger partial charge in [-0.2, -0.15) is 4.99 Å². The van der Waals surface area contributed by atoms with E-state index in [2.05, 4.69) is 84.4 Å². The second-order valence-corrected chi connectivity index (χ2v) is 12.2. The van der Waals surface area contributed by atoms with Crippen molar-refractivity contribution in [2.45, 2.75) is 19.8 Å². The Morgan fingerprint density at radius 2 is 1.73 bits per heavy atom. The molecule has 7 nitrogen and oxygen atoms in total. The van der Waals surface area contributed by atoms with Gasteiger partial charge in [-0.05, 0) is 76.5 Å². The number of nitrogens with zero attached hydrogens (tertiary/aromatic N) is 3. The largest absolute Gasteiger partial charge is 0.462 e. The van der Waals surface area contributed by atoms with Crippen molar-refractivity contribution in [1.29, 1.82) is 0 Å². The second kappa shape index (κ2) is 13.3. The van der Waals surface area contributed by atoms with E-state index in [1.165, 1.54) is 4.90 Å². The molecule has 9 heteroatoms. The summed E-state index contributed by atoms with van der Waals surface area (Å²) in [4.78, 5) is 32.6. The van der Waals surface area contributed by atoms with Crippen LogP contribution >= 0.6 is 31.9 Å². The van der Waals surface area contributed by atoms with E-state index in [1.54, 1.807) is 24.3 Å². The number of amidine groups is 1. The normalized spacial score (nSPS) is 14.9. The molecule has 0 saturated carbocycles. The Morgan fingerprint density at radius 3 is 2.51 bits per heavy atom. The average molecular weight is 727 g/mol. The number of carbonyl (C=O) groups excluding carboxylic acids is 2. The zero-order valence-corrected chi connectivity index (χ0v) is 27.7. The number of carbonyl (C=O) groups is 2. The summed E-state index contributed by atoms with van der Waals surface area (Å²) in [6.45, 7) is 6.29. The zero-order chi connectivity index (χ0) is 31.5. The predicted molar refractivity (Wildman–Crippen MR) is 186 cm³/mol. The van der Waals surface area contributed by atoms with Gasteiger partial charge in [-0.3, -0.25) is 9.69 Å². The van der Waals surface area contributed by atoms with E-state index in [4.69, 9.17) is 9.47 Å². The molecule has 4 aromatic carbocycles. The van der Waals surface area contributed by atoms with Gasteiger partial charge >= 0.3 is 12.0 Å². The Hall–Kier alpha value is -4.47. The number of halogens is 2. The van der Waals surface area contributed by atoms with E-state index >= 15 is 0 Å². The van der Waals surface area contributed by atoms with Gasteiger partial charge in [0.15, 0.2) is 5.76 Å². The van der Waals surface area contributed by atoms with Crippen molar-refractivity contribution in [1.82, 2.24) is 9.47 Å². The molecule has 0 aliphatic carbocycles. The lowest BCUT2D eigenvalue weighted by atomic mass is 10.1. The number of para-hydroxylation sites is 2. The van der Waals surface area contributed by atoms with E-state index in [9.17, 15) is 9.59 Å². The Bertz CT molecular complexity index is 2010. The molecule has 0 unspecified atom stereocenters. The van der Waals surface area contributed by atoms with Crippen molar-refractivity contribution in [2.24, 2.45) is 4.99 Å². The van der Waals surface area contributed by atoms with Crippen LogP contribution in [0.2, 0.25) is 0 Å². The molecule has 1 aromatic heterocycles. The minimum absolute atomic E-state index is 0.0403. The molecule has 0 bridgehead atoms. The lowest BCUT2D eigenvalue weighted by molar-refractivity contribution is -0.122. The van der Waals surface area contributed by atoms with E-state index in [0.29, 0.717) is 21.2 Å². The maximum atomic E-state index is 13.6. The van der Waals surface area contributed by atoms with Gasteiger partial charge in [0.05, 0.1) is 28.9 Å². The molecule has 226 valence electrons. The molecule has 2 heterocycles. The highest BCUT2D eigenvalue weighted by atomic mass is 79.9. The Morgan fingerprint density at radius 1 is 0.978 bits per heavy atom. The molecule has 1 amide bonds. The fraction of sp³-hybridized carbons (Fsp3) is 0.139. The third kappa shape index (κ3) is 6.10. The van der Waals surface area contributed by atoms with Crippen LogP contribution in [-0.2, 0) is 14.3 Å². The molecular formula is C36H29Br2N3O4. The molecule has 0 N–H and O–H groups in total. The van der Waals surface area contributed by atoms with Gasteiger partial charge in [0.25, 0.3) is 5.91 Å². The second-order valence-electron chi connectivity index (χ2n) is 10.4. The predicted octanol–water partition coefficient (Wildman–Crippen LogP) is 9.34. The summed E-state index contributed by atoms with van der Waals surface area (Å²) in [5.41, 5.74) is 4.55. The summed E-state index contributed by atoms with van der Waals surface area (Å²) >= 11 is 6.96. The Balaban J connectivity index is 1.40. The number of ether oxygens (including phenoxy) is 2. The van der Waals surface area contributed by atoms with E-state index in [-0.39, 0.29) is 29.8 Å². The van der Waals surface area contributed by atoms with Crippen LogP contribution in [0, 0.1) is 0 Å². The lowest BCUT2D eigenvalue weighted by Gasteiger charge is -2.13. The highest BCUT2D eigenvalue weighted by Gasteiger charge is 2.35. The number of esters is 1. The molecule has 0 radical (unpaired) electrons. The standard InChI is InChI=1S/C36H29Br2N3O4/c1-3-5-18-44-35(43)28-21-24(37)22-29(38)33(28)39-36-40(17-4-2)34(42)32(45-36)20-23-15-16-31-27(19-23)26-13-9-10-14-30(26)41(31)25-11-7-6-8-12-25/h4,6-16,19-22H,2-3,5,17-18H2,1H3/b32-20+,39-36?. The van der Waals surface area contributed by atoms with Gasteiger partial charge in [-0.25, -0.2) is 4.79 Å². The summed E-state index contributed by atoms with van der Waals surface area (Å²) in [7, 11) is 0. The smallest absolute Gasteiger partial charge is 0.340 e. The van der Waals surface area contributed by atoms with E-state index < -0.39 is 5.97 Å². The van der Waals surface area contributed by atoms with Crippen molar-refractivity contribution in [3.05, 3.63) is 123 Å². The average Bonchev–Trinajstić information content (AvgIpc) is 3.52. The van der Waals surface area contributed by atoms with Crippen LogP contribution in [0.5, 0.6) is 0 Å². The molecule has 1 fully saturated rings.